The summed E-state index contributed by atoms with van der Waals surface area (Å²) in [6, 6.07) is 19.3. The minimum absolute atomic E-state index is 0.0549. The van der Waals surface area contributed by atoms with E-state index >= 15 is 0 Å². The highest BCUT2D eigenvalue weighted by Gasteiger charge is 2.30. The molecular formula is C23H22N4O2S. The van der Waals surface area contributed by atoms with E-state index in [1.165, 1.54) is 16.9 Å². The van der Waals surface area contributed by atoms with Gasteiger partial charge in [-0.1, -0.05) is 30.3 Å². The quantitative estimate of drug-likeness (QED) is 0.612. The van der Waals surface area contributed by atoms with Crippen LogP contribution in [0.1, 0.15) is 21.6 Å². The summed E-state index contributed by atoms with van der Waals surface area (Å²) in [6.45, 7) is 2.81. The van der Waals surface area contributed by atoms with Gasteiger partial charge in [-0.05, 0) is 29.8 Å². The minimum atomic E-state index is -0.316. The first-order valence-corrected chi connectivity index (χ1v) is 10.7. The van der Waals surface area contributed by atoms with Gasteiger partial charge < -0.3 is 9.64 Å². The van der Waals surface area contributed by atoms with Crippen molar-refractivity contribution in [1.29, 1.82) is 5.26 Å². The molecule has 1 fully saturated rings. The summed E-state index contributed by atoms with van der Waals surface area (Å²) in [7, 11) is 0. The van der Waals surface area contributed by atoms with Crippen LogP contribution >= 0.6 is 11.3 Å². The molecule has 152 valence electrons. The van der Waals surface area contributed by atoms with E-state index in [4.69, 9.17) is 4.74 Å². The lowest BCUT2D eigenvalue weighted by molar-refractivity contribution is 0.0552. The molecule has 3 aromatic rings. The average Bonchev–Trinajstić information content (AvgIpc) is 3.32. The molecule has 0 saturated carbocycles. The number of rotatable bonds is 6. The average molecular weight is 419 g/mol. The molecule has 0 N–H and O–H groups in total. The van der Waals surface area contributed by atoms with Gasteiger partial charge in [-0.2, -0.15) is 5.26 Å². The topological polar surface area (TPSA) is 69.5 Å². The van der Waals surface area contributed by atoms with Crippen LogP contribution in [0, 0.1) is 11.3 Å². The Kier molecular flexibility index (Phi) is 6.38. The molecule has 1 atom stereocenters. The zero-order valence-corrected chi connectivity index (χ0v) is 17.3. The second kappa shape index (κ2) is 9.53. The van der Waals surface area contributed by atoms with Gasteiger partial charge in [-0.25, -0.2) is 4.98 Å². The Morgan fingerprint density at radius 1 is 1.17 bits per heavy atom. The summed E-state index contributed by atoms with van der Waals surface area (Å²) in [5, 5.41) is 11.6. The molecule has 0 radical (unpaired) electrons. The maximum atomic E-state index is 12.9. The Hall–Kier alpha value is -3.21. The Morgan fingerprint density at radius 2 is 1.97 bits per heavy atom. The van der Waals surface area contributed by atoms with E-state index in [2.05, 4.69) is 28.1 Å². The zero-order chi connectivity index (χ0) is 20.8. The third-order valence-corrected chi connectivity index (χ3v) is 5.76. The van der Waals surface area contributed by atoms with Gasteiger partial charge >= 0.3 is 0 Å². The summed E-state index contributed by atoms with van der Waals surface area (Å²) in [5.41, 5.74) is 4.43. The maximum Gasteiger partial charge on any atom is 0.253 e. The third kappa shape index (κ3) is 4.85. The first-order valence-electron chi connectivity index (χ1n) is 9.80. The van der Waals surface area contributed by atoms with Crippen LogP contribution in [0.25, 0.3) is 0 Å². The summed E-state index contributed by atoms with van der Waals surface area (Å²) in [4.78, 5) is 21.0. The predicted octanol–water partition coefficient (Wildman–Crippen LogP) is 3.57. The normalized spacial score (nSPS) is 16.8. The second-order valence-corrected chi connectivity index (χ2v) is 7.86. The van der Waals surface area contributed by atoms with Gasteiger partial charge in [-0.3, -0.25) is 9.69 Å². The number of thiazole rings is 1. The fourth-order valence-corrected chi connectivity index (χ4v) is 4.02. The monoisotopic (exact) mass is 418 g/mol. The van der Waals surface area contributed by atoms with Crippen molar-refractivity contribution in [2.75, 3.05) is 19.6 Å². The molecule has 0 spiro atoms. The van der Waals surface area contributed by atoms with Gasteiger partial charge in [0.25, 0.3) is 5.91 Å². The van der Waals surface area contributed by atoms with E-state index in [1.807, 2.05) is 23.6 Å². The third-order valence-electron chi connectivity index (χ3n) is 5.13. The molecule has 7 heteroatoms. The van der Waals surface area contributed by atoms with Crippen LogP contribution in [0.3, 0.4) is 0 Å². The highest BCUT2D eigenvalue weighted by Crippen LogP contribution is 2.19. The lowest BCUT2D eigenvalue weighted by atomic mass is 10.1. The smallest absolute Gasteiger partial charge is 0.253 e. The molecule has 0 aliphatic carbocycles. The number of carbonyl (C=O) groups is 1. The highest BCUT2D eigenvalue weighted by molar-refractivity contribution is 7.07. The van der Waals surface area contributed by atoms with Gasteiger partial charge in [0.2, 0.25) is 0 Å². The number of amides is 1. The van der Waals surface area contributed by atoms with Crippen molar-refractivity contribution in [3.63, 3.8) is 0 Å². The van der Waals surface area contributed by atoms with E-state index in [9.17, 15) is 10.1 Å². The van der Waals surface area contributed by atoms with E-state index in [-0.39, 0.29) is 11.9 Å². The van der Waals surface area contributed by atoms with E-state index in [1.54, 1.807) is 34.7 Å². The molecule has 1 unspecified atom stereocenters. The van der Waals surface area contributed by atoms with Gasteiger partial charge in [0.15, 0.2) is 0 Å². The van der Waals surface area contributed by atoms with Crippen LogP contribution < -0.4 is 4.74 Å². The van der Waals surface area contributed by atoms with Gasteiger partial charge in [-0.15, -0.1) is 11.3 Å². The van der Waals surface area contributed by atoms with Crippen molar-refractivity contribution < 1.29 is 9.53 Å². The van der Waals surface area contributed by atoms with E-state index in [0.29, 0.717) is 44.1 Å². The fourth-order valence-electron chi connectivity index (χ4n) is 3.48. The number of carbonyl (C=O) groups excluding carboxylic acids is 1. The van der Waals surface area contributed by atoms with Crippen molar-refractivity contribution in [2.24, 2.45) is 0 Å². The largest absolute Gasteiger partial charge is 0.487 e. The lowest BCUT2D eigenvalue weighted by Gasteiger charge is -2.38. The Morgan fingerprint density at radius 3 is 2.67 bits per heavy atom. The summed E-state index contributed by atoms with van der Waals surface area (Å²) in [5.74, 6) is 0.641. The number of nitriles is 1. The Labute approximate surface area is 180 Å². The number of aromatic nitrogens is 1. The maximum absolute atomic E-state index is 12.9. The molecule has 6 nitrogen and oxygen atoms in total. The van der Waals surface area contributed by atoms with Crippen molar-refractivity contribution >= 4 is 17.2 Å². The van der Waals surface area contributed by atoms with Crippen LogP contribution in [0.4, 0.5) is 0 Å². The molecule has 30 heavy (non-hydrogen) atoms. The number of benzene rings is 2. The molecule has 4 rings (SSSR count). The van der Waals surface area contributed by atoms with Crippen molar-refractivity contribution in [2.45, 2.75) is 19.2 Å². The van der Waals surface area contributed by atoms with Crippen LogP contribution in [0.2, 0.25) is 0 Å². The minimum Gasteiger partial charge on any atom is -0.487 e. The molecule has 1 aromatic heterocycles. The highest BCUT2D eigenvalue weighted by atomic mass is 32.1. The van der Waals surface area contributed by atoms with Gasteiger partial charge in [0.1, 0.15) is 18.4 Å². The molecule has 2 aromatic carbocycles. The Bertz CT molecular complexity index is 1000. The molecule has 0 bridgehead atoms. The summed E-state index contributed by atoms with van der Waals surface area (Å²) < 4.78 is 5.71. The van der Waals surface area contributed by atoms with E-state index in [0.717, 1.165) is 5.69 Å². The second-order valence-electron chi connectivity index (χ2n) is 7.14. The van der Waals surface area contributed by atoms with Crippen LogP contribution in [-0.2, 0) is 13.2 Å². The van der Waals surface area contributed by atoms with E-state index < -0.39 is 0 Å². The first-order chi connectivity index (χ1) is 14.7. The Balaban J connectivity index is 1.35. The SMILES string of the molecule is N#CC1CN(C(=O)c2ccc(OCc3cscn3)cc2)CCN1Cc1ccccc1. The fraction of sp³-hybridized carbons (Fsp3) is 0.261. The molecule has 1 aliphatic rings. The predicted molar refractivity (Wildman–Crippen MR) is 115 cm³/mol. The molecule has 1 saturated heterocycles. The van der Waals surface area contributed by atoms with Crippen molar-refractivity contribution in [3.05, 3.63) is 82.3 Å². The summed E-state index contributed by atoms with van der Waals surface area (Å²) in [6.07, 6.45) is 0. The number of hydrogen-bond donors (Lipinski definition) is 0. The molecule has 1 amide bonds. The molecular weight excluding hydrogens is 396 g/mol. The number of piperazine rings is 1. The van der Waals surface area contributed by atoms with Gasteiger partial charge in [0, 0.05) is 37.1 Å². The zero-order valence-electron chi connectivity index (χ0n) is 16.5. The molecule has 2 heterocycles. The van der Waals surface area contributed by atoms with Crippen LogP contribution in [0.5, 0.6) is 5.75 Å². The number of ether oxygens (including phenoxy) is 1. The molecule has 1 aliphatic heterocycles. The van der Waals surface area contributed by atoms with Crippen molar-refractivity contribution in [1.82, 2.24) is 14.8 Å². The lowest BCUT2D eigenvalue weighted by Crippen LogP contribution is -2.53. The first kappa shape index (κ1) is 20.1. The number of nitrogens with zero attached hydrogens (tertiary/aromatic N) is 4. The van der Waals surface area contributed by atoms with Crippen LogP contribution in [-0.4, -0.2) is 46.4 Å². The standard InChI is InChI=1S/C23H22N4O2S/c24-12-21-14-27(11-10-26(21)13-18-4-2-1-3-5-18)23(28)19-6-8-22(9-7-19)29-15-20-16-30-17-25-20/h1-9,16-17,21H,10-11,13-15H2. The number of hydrogen-bond acceptors (Lipinski definition) is 6. The van der Waals surface area contributed by atoms with Crippen LogP contribution in [0.15, 0.2) is 65.5 Å². The summed E-state index contributed by atoms with van der Waals surface area (Å²) >= 11 is 1.53. The van der Waals surface area contributed by atoms with Crippen molar-refractivity contribution in [3.8, 4) is 11.8 Å². The van der Waals surface area contributed by atoms with Gasteiger partial charge in [0.05, 0.1) is 17.3 Å².